The van der Waals surface area contributed by atoms with E-state index in [0.717, 1.165) is 23.2 Å². The number of benzene rings is 1. The lowest BCUT2D eigenvalue weighted by atomic mass is 10.1. The van der Waals surface area contributed by atoms with Gasteiger partial charge in [-0.05, 0) is 46.9 Å². The van der Waals surface area contributed by atoms with Crippen LogP contribution in [0.25, 0.3) is 0 Å². The number of nitrogens with one attached hydrogen (secondary N) is 2. The summed E-state index contributed by atoms with van der Waals surface area (Å²) in [6.07, 6.45) is 1.60. The average Bonchev–Trinajstić information content (AvgIpc) is 3.17. The van der Waals surface area contributed by atoms with Crippen molar-refractivity contribution < 1.29 is 19.1 Å². The molecule has 0 bridgehead atoms. The van der Waals surface area contributed by atoms with Crippen molar-refractivity contribution >= 4 is 34.8 Å². The molecule has 0 aliphatic rings. The number of carbonyl (C=O) groups excluding carboxylic acids is 3. The predicted octanol–water partition coefficient (Wildman–Crippen LogP) is 2.54. The highest BCUT2D eigenvalue weighted by Gasteiger charge is 2.10. The standard InChI is InChI=1S/C19H22N2O4S/c1-2-15-5-3-4-6-16(15)21-17(22)11-20-18(23)12-25-19(24)8-7-14-9-10-26-13-14/h3-6,9-10,13H,2,7-8,11-12H2,1H3,(H,20,23)(H,21,22). The third-order valence-corrected chi connectivity index (χ3v) is 4.41. The zero-order chi connectivity index (χ0) is 18.8. The van der Waals surface area contributed by atoms with Gasteiger partial charge in [-0.3, -0.25) is 14.4 Å². The van der Waals surface area contributed by atoms with Crippen molar-refractivity contribution in [1.82, 2.24) is 5.32 Å². The first-order valence-electron chi connectivity index (χ1n) is 8.39. The van der Waals surface area contributed by atoms with Crippen LogP contribution in [0.3, 0.4) is 0 Å². The van der Waals surface area contributed by atoms with Crippen LogP contribution in [0.15, 0.2) is 41.1 Å². The average molecular weight is 374 g/mol. The van der Waals surface area contributed by atoms with Gasteiger partial charge in [-0.15, -0.1) is 0 Å². The number of anilines is 1. The van der Waals surface area contributed by atoms with Gasteiger partial charge >= 0.3 is 5.97 Å². The Morgan fingerprint density at radius 2 is 1.92 bits per heavy atom. The van der Waals surface area contributed by atoms with Gasteiger partial charge in [0.2, 0.25) is 5.91 Å². The first kappa shape index (κ1) is 19.7. The number of esters is 1. The fraction of sp³-hybridized carbons (Fsp3) is 0.316. The molecule has 6 nitrogen and oxygen atoms in total. The minimum Gasteiger partial charge on any atom is -0.456 e. The SMILES string of the molecule is CCc1ccccc1NC(=O)CNC(=O)COC(=O)CCc1ccsc1. The molecule has 1 heterocycles. The molecule has 0 saturated heterocycles. The zero-order valence-electron chi connectivity index (χ0n) is 14.6. The third-order valence-electron chi connectivity index (χ3n) is 3.68. The van der Waals surface area contributed by atoms with Crippen molar-refractivity contribution in [1.29, 1.82) is 0 Å². The van der Waals surface area contributed by atoms with Crippen molar-refractivity contribution in [2.24, 2.45) is 0 Å². The quantitative estimate of drug-likeness (QED) is 0.661. The van der Waals surface area contributed by atoms with Crippen LogP contribution in [0, 0.1) is 0 Å². The van der Waals surface area contributed by atoms with Crippen molar-refractivity contribution in [3.63, 3.8) is 0 Å². The molecule has 1 aromatic heterocycles. The molecular formula is C19H22N2O4S. The molecule has 7 heteroatoms. The van der Waals surface area contributed by atoms with E-state index >= 15 is 0 Å². The van der Waals surface area contributed by atoms with E-state index in [1.807, 2.05) is 48.0 Å². The number of ether oxygens (including phenoxy) is 1. The van der Waals surface area contributed by atoms with E-state index in [1.54, 1.807) is 11.3 Å². The van der Waals surface area contributed by atoms with Crippen molar-refractivity contribution in [3.05, 3.63) is 52.2 Å². The van der Waals surface area contributed by atoms with E-state index < -0.39 is 11.9 Å². The van der Waals surface area contributed by atoms with Gasteiger partial charge in [0.1, 0.15) is 0 Å². The summed E-state index contributed by atoms with van der Waals surface area (Å²) in [5.41, 5.74) is 2.82. The van der Waals surface area contributed by atoms with Crippen LogP contribution >= 0.6 is 11.3 Å². The smallest absolute Gasteiger partial charge is 0.306 e. The molecule has 0 atom stereocenters. The van der Waals surface area contributed by atoms with E-state index in [9.17, 15) is 14.4 Å². The maximum atomic E-state index is 11.9. The lowest BCUT2D eigenvalue weighted by molar-refractivity contribution is -0.148. The zero-order valence-corrected chi connectivity index (χ0v) is 15.4. The number of amides is 2. The molecule has 0 fully saturated rings. The van der Waals surface area contributed by atoms with Crippen LogP contribution in [-0.2, 0) is 32.0 Å². The van der Waals surface area contributed by atoms with Gasteiger partial charge in [0.25, 0.3) is 5.91 Å². The molecule has 2 rings (SSSR count). The topological polar surface area (TPSA) is 84.5 Å². The number of hydrogen-bond acceptors (Lipinski definition) is 5. The first-order valence-corrected chi connectivity index (χ1v) is 9.34. The number of thiophene rings is 1. The summed E-state index contributed by atoms with van der Waals surface area (Å²) in [4.78, 5) is 35.2. The predicted molar refractivity (Wildman–Crippen MR) is 101 cm³/mol. The summed E-state index contributed by atoms with van der Waals surface area (Å²) >= 11 is 1.57. The van der Waals surface area contributed by atoms with E-state index in [4.69, 9.17) is 4.74 Å². The van der Waals surface area contributed by atoms with Gasteiger partial charge in [-0.2, -0.15) is 11.3 Å². The Hall–Kier alpha value is -2.67. The van der Waals surface area contributed by atoms with E-state index in [-0.39, 0.29) is 25.5 Å². The molecule has 1 aromatic carbocycles. The summed E-state index contributed by atoms with van der Waals surface area (Å²) in [6, 6.07) is 9.43. The second-order valence-electron chi connectivity index (χ2n) is 5.63. The molecule has 2 amide bonds. The Morgan fingerprint density at radius 3 is 2.65 bits per heavy atom. The number of carbonyl (C=O) groups is 3. The minimum absolute atomic E-state index is 0.177. The normalized spacial score (nSPS) is 10.2. The molecule has 0 radical (unpaired) electrons. The van der Waals surface area contributed by atoms with Crippen molar-refractivity contribution in [2.45, 2.75) is 26.2 Å². The molecule has 0 unspecified atom stereocenters. The van der Waals surface area contributed by atoms with Gasteiger partial charge in [0.15, 0.2) is 6.61 Å². The summed E-state index contributed by atoms with van der Waals surface area (Å²) in [6.45, 7) is 1.43. The Kier molecular flexibility index (Phi) is 7.82. The minimum atomic E-state index is -0.507. The largest absolute Gasteiger partial charge is 0.456 e. The van der Waals surface area contributed by atoms with E-state index in [2.05, 4.69) is 10.6 Å². The Bertz CT molecular complexity index is 744. The summed E-state index contributed by atoms with van der Waals surface area (Å²) in [5.74, 6) is -1.27. The molecule has 2 N–H and O–H groups in total. The maximum Gasteiger partial charge on any atom is 0.306 e. The molecule has 138 valence electrons. The van der Waals surface area contributed by atoms with Crippen molar-refractivity contribution in [2.75, 3.05) is 18.5 Å². The highest BCUT2D eigenvalue weighted by atomic mass is 32.1. The lowest BCUT2D eigenvalue weighted by Gasteiger charge is -2.10. The highest BCUT2D eigenvalue weighted by molar-refractivity contribution is 7.07. The molecule has 0 aliphatic heterocycles. The number of aryl methyl sites for hydroxylation is 2. The van der Waals surface area contributed by atoms with Gasteiger partial charge in [0.05, 0.1) is 6.54 Å². The summed E-state index contributed by atoms with van der Waals surface area (Å²) < 4.78 is 4.91. The maximum absolute atomic E-state index is 11.9. The molecular weight excluding hydrogens is 352 g/mol. The lowest BCUT2D eigenvalue weighted by Crippen LogP contribution is -2.35. The molecule has 0 saturated carbocycles. The third kappa shape index (κ3) is 6.68. The highest BCUT2D eigenvalue weighted by Crippen LogP contribution is 2.14. The van der Waals surface area contributed by atoms with Crippen LogP contribution < -0.4 is 10.6 Å². The fourth-order valence-electron chi connectivity index (χ4n) is 2.27. The van der Waals surface area contributed by atoms with Gasteiger partial charge in [-0.25, -0.2) is 0 Å². The van der Waals surface area contributed by atoms with Crippen molar-refractivity contribution in [3.8, 4) is 0 Å². The number of rotatable bonds is 9. The van der Waals surface area contributed by atoms with Crippen LogP contribution in [0.4, 0.5) is 5.69 Å². The Balaban J connectivity index is 1.64. The van der Waals surface area contributed by atoms with Gasteiger partial charge in [-0.1, -0.05) is 25.1 Å². The van der Waals surface area contributed by atoms with Crippen LogP contribution in [-0.4, -0.2) is 30.9 Å². The number of para-hydroxylation sites is 1. The Morgan fingerprint density at radius 1 is 1.12 bits per heavy atom. The second kappa shape index (κ2) is 10.4. The summed E-state index contributed by atoms with van der Waals surface area (Å²) in [5, 5.41) is 9.11. The van der Waals surface area contributed by atoms with Crippen LogP contribution in [0.1, 0.15) is 24.5 Å². The van der Waals surface area contributed by atoms with Gasteiger partial charge < -0.3 is 15.4 Å². The molecule has 26 heavy (non-hydrogen) atoms. The number of hydrogen-bond donors (Lipinski definition) is 2. The first-order chi connectivity index (χ1) is 12.6. The van der Waals surface area contributed by atoms with E-state index in [0.29, 0.717) is 6.42 Å². The molecule has 2 aromatic rings. The van der Waals surface area contributed by atoms with Gasteiger partial charge in [0, 0.05) is 12.1 Å². The summed E-state index contributed by atoms with van der Waals surface area (Å²) in [7, 11) is 0. The molecule has 0 aliphatic carbocycles. The van der Waals surface area contributed by atoms with Crippen LogP contribution in [0.5, 0.6) is 0 Å². The van der Waals surface area contributed by atoms with E-state index in [1.165, 1.54) is 0 Å². The monoisotopic (exact) mass is 374 g/mol. The fourth-order valence-corrected chi connectivity index (χ4v) is 2.98. The Labute approximate surface area is 156 Å². The van der Waals surface area contributed by atoms with Crippen LogP contribution in [0.2, 0.25) is 0 Å². The second-order valence-corrected chi connectivity index (χ2v) is 6.41. The molecule has 0 spiro atoms.